The summed E-state index contributed by atoms with van der Waals surface area (Å²) in [4.78, 5) is 0. The van der Waals surface area contributed by atoms with Gasteiger partial charge in [0.1, 0.15) is 5.82 Å². The molecule has 0 saturated carbocycles. The Morgan fingerprint density at radius 3 is 2.53 bits per heavy atom. The molecule has 1 aromatic carbocycles. The Morgan fingerprint density at radius 2 is 2.00 bits per heavy atom. The van der Waals surface area contributed by atoms with E-state index in [9.17, 15) is 17.6 Å². The number of hydrogen-bond acceptors (Lipinski definition) is 1. The Bertz CT molecular complexity index is 424. The van der Waals surface area contributed by atoms with Crippen molar-refractivity contribution in [2.24, 2.45) is 0 Å². The van der Waals surface area contributed by atoms with E-state index < -0.39 is 23.6 Å². The highest BCUT2D eigenvalue weighted by atomic mass is 35.5. The van der Waals surface area contributed by atoms with Gasteiger partial charge in [-0.1, -0.05) is 11.6 Å². The summed E-state index contributed by atoms with van der Waals surface area (Å²) in [7, 11) is 0. The van der Waals surface area contributed by atoms with Crippen molar-refractivity contribution in [2.75, 3.05) is 6.54 Å². The molecule has 0 radical (unpaired) electrons. The molecule has 1 aliphatic heterocycles. The predicted octanol–water partition coefficient (Wildman–Crippen LogP) is 3.92. The molecule has 0 aliphatic carbocycles. The van der Waals surface area contributed by atoms with Gasteiger partial charge in [-0.3, -0.25) is 0 Å². The van der Waals surface area contributed by atoms with E-state index in [4.69, 9.17) is 11.6 Å². The predicted molar refractivity (Wildman–Crippen MR) is 56.4 cm³/mol. The van der Waals surface area contributed by atoms with Crippen LogP contribution in [0.1, 0.15) is 30.0 Å². The van der Waals surface area contributed by atoms with Crippen LogP contribution >= 0.6 is 11.6 Å². The second-order valence-electron chi connectivity index (χ2n) is 4.00. The summed E-state index contributed by atoms with van der Waals surface area (Å²) in [6.07, 6.45) is -3.23. The first-order chi connectivity index (χ1) is 7.89. The summed E-state index contributed by atoms with van der Waals surface area (Å²) in [6, 6.07) is 0.979. The van der Waals surface area contributed by atoms with E-state index in [-0.39, 0.29) is 10.6 Å². The standard InChI is InChI=1S/C11H10ClF4N/c12-8-5-6(13)4-7(11(14,15)16)10(8)9-2-1-3-17-9/h4-5,9,17H,1-3H2. The highest BCUT2D eigenvalue weighted by Gasteiger charge is 2.37. The topological polar surface area (TPSA) is 12.0 Å². The maximum Gasteiger partial charge on any atom is 0.416 e. The van der Waals surface area contributed by atoms with E-state index in [1.54, 1.807) is 0 Å². The van der Waals surface area contributed by atoms with Crippen LogP contribution in [0.2, 0.25) is 5.02 Å². The van der Waals surface area contributed by atoms with Crippen molar-refractivity contribution < 1.29 is 17.6 Å². The van der Waals surface area contributed by atoms with Gasteiger partial charge in [0, 0.05) is 16.6 Å². The highest BCUT2D eigenvalue weighted by Crippen LogP contribution is 2.40. The average Bonchev–Trinajstić information content (AvgIpc) is 2.67. The van der Waals surface area contributed by atoms with Gasteiger partial charge in [-0.25, -0.2) is 4.39 Å². The number of rotatable bonds is 1. The van der Waals surface area contributed by atoms with Gasteiger partial charge in [0.05, 0.1) is 5.56 Å². The van der Waals surface area contributed by atoms with E-state index in [0.717, 1.165) is 12.5 Å². The summed E-state index contributed by atoms with van der Waals surface area (Å²) < 4.78 is 51.4. The molecule has 0 aromatic heterocycles. The lowest BCUT2D eigenvalue weighted by Gasteiger charge is -2.19. The normalized spacial score (nSPS) is 20.9. The lowest BCUT2D eigenvalue weighted by atomic mass is 9.98. The zero-order chi connectivity index (χ0) is 12.6. The fraction of sp³-hybridized carbons (Fsp3) is 0.455. The van der Waals surface area contributed by atoms with Crippen LogP contribution in [0.4, 0.5) is 17.6 Å². The van der Waals surface area contributed by atoms with Crippen LogP contribution in [0.3, 0.4) is 0 Å². The van der Waals surface area contributed by atoms with Crippen molar-refractivity contribution in [1.82, 2.24) is 5.32 Å². The third kappa shape index (κ3) is 2.55. The Morgan fingerprint density at radius 1 is 1.29 bits per heavy atom. The van der Waals surface area contributed by atoms with E-state index >= 15 is 0 Å². The molecule has 1 aromatic rings. The van der Waals surface area contributed by atoms with Crippen LogP contribution in [-0.4, -0.2) is 6.54 Å². The smallest absolute Gasteiger partial charge is 0.310 e. The molecule has 0 bridgehead atoms. The third-order valence-electron chi connectivity index (χ3n) is 2.81. The largest absolute Gasteiger partial charge is 0.416 e. The minimum atomic E-state index is -4.59. The molecule has 0 amide bonds. The van der Waals surface area contributed by atoms with Gasteiger partial charge in [-0.2, -0.15) is 13.2 Å². The maximum absolute atomic E-state index is 13.0. The van der Waals surface area contributed by atoms with Gasteiger partial charge in [0.25, 0.3) is 0 Å². The lowest BCUT2D eigenvalue weighted by Crippen LogP contribution is -2.19. The minimum absolute atomic E-state index is 0.0435. The van der Waals surface area contributed by atoms with Crippen molar-refractivity contribution in [3.63, 3.8) is 0 Å². The van der Waals surface area contributed by atoms with Crippen molar-refractivity contribution in [2.45, 2.75) is 25.1 Å². The summed E-state index contributed by atoms with van der Waals surface area (Å²) in [5, 5.41) is 2.77. The molecular weight excluding hydrogens is 258 g/mol. The number of alkyl halides is 3. The second-order valence-corrected chi connectivity index (χ2v) is 4.40. The Labute approximate surface area is 101 Å². The molecule has 2 rings (SSSR count). The van der Waals surface area contributed by atoms with Gasteiger partial charge >= 0.3 is 6.18 Å². The fourth-order valence-electron chi connectivity index (χ4n) is 2.10. The van der Waals surface area contributed by atoms with Crippen molar-refractivity contribution >= 4 is 11.6 Å². The van der Waals surface area contributed by atoms with Gasteiger partial charge in [-0.05, 0) is 31.5 Å². The summed E-state index contributed by atoms with van der Waals surface area (Å²) in [5.74, 6) is -0.968. The van der Waals surface area contributed by atoms with E-state index in [0.29, 0.717) is 19.0 Å². The first-order valence-corrected chi connectivity index (χ1v) is 5.57. The van der Waals surface area contributed by atoms with Crippen molar-refractivity contribution in [3.05, 3.63) is 34.1 Å². The lowest BCUT2D eigenvalue weighted by molar-refractivity contribution is -0.138. The first-order valence-electron chi connectivity index (χ1n) is 5.19. The number of hydrogen-bond donors (Lipinski definition) is 1. The van der Waals surface area contributed by atoms with Gasteiger partial charge in [-0.15, -0.1) is 0 Å². The van der Waals surface area contributed by atoms with Gasteiger partial charge < -0.3 is 5.32 Å². The quantitative estimate of drug-likeness (QED) is 0.761. The molecule has 1 N–H and O–H groups in total. The van der Waals surface area contributed by atoms with Gasteiger partial charge in [0.2, 0.25) is 0 Å². The molecule has 1 aliphatic rings. The SMILES string of the molecule is Fc1cc(Cl)c(C2CCCN2)c(C(F)(F)F)c1. The summed E-state index contributed by atoms with van der Waals surface area (Å²) >= 11 is 5.74. The maximum atomic E-state index is 13.0. The Balaban J connectivity index is 2.54. The molecule has 0 spiro atoms. The minimum Gasteiger partial charge on any atom is -0.310 e. The molecule has 1 heterocycles. The summed E-state index contributed by atoms with van der Waals surface area (Å²) in [5.41, 5.74) is -1.03. The zero-order valence-corrected chi connectivity index (χ0v) is 9.50. The van der Waals surface area contributed by atoms with Gasteiger partial charge in [0.15, 0.2) is 0 Å². The van der Waals surface area contributed by atoms with E-state index in [1.807, 2.05) is 0 Å². The van der Waals surface area contributed by atoms with Crippen LogP contribution in [0.25, 0.3) is 0 Å². The summed E-state index contributed by atoms with van der Waals surface area (Å²) in [6.45, 7) is 0.648. The average molecular weight is 268 g/mol. The Kier molecular flexibility index (Phi) is 3.32. The van der Waals surface area contributed by atoms with Crippen LogP contribution in [-0.2, 0) is 6.18 Å². The molecule has 1 atom stereocenters. The zero-order valence-electron chi connectivity index (χ0n) is 8.74. The molecule has 94 valence electrons. The number of nitrogens with one attached hydrogen (secondary N) is 1. The van der Waals surface area contributed by atoms with Crippen LogP contribution in [0, 0.1) is 5.82 Å². The van der Waals surface area contributed by atoms with Crippen LogP contribution in [0.5, 0.6) is 0 Å². The van der Waals surface area contributed by atoms with Crippen molar-refractivity contribution in [3.8, 4) is 0 Å². The number of benzene rings is 1. The fourth-order valence-corrected chi connectivity index (χ4v) is 2.44. The van der Waals surface area contributed by atoms with E-state index in [1.165, 1.54) is 0 Å². The molecule has 1 unspecified atom stereocenters. The highest BCUT2D eigenvalue weighted by molar-refractivity contribution is 6.31. The molecule has 1 nitrogen and oxygen atoms in total. The monoisotopic (exact) mass is 267 g/mol. The number of halogens is 5. The van der Waals surface area contributed by atoms with Crippen LogP contribution < -0.4 is 5.32 Å². The molecule has 1 saturated heterocycles. The molecule has 1 fully saturated rings. The first kappa shape index (κ1) is 12.6. The molecule has 17 heavy (non-hydrogen) atoms. The van der Waals surface area contributed by atoms with E-state index in [2.05, 4.69) is 5.32 Å². The van der Waals surface area contributed by atoms with Crippen molar-refractivity contribution in [1.29, 1.82) is 0 Å². The molecular formula is C11H10ClF4N. The Hall–Kier alpha value is -0.810. The third-order valence-corrected chi connectivity index (χ3v) is 3.12. The molecule has 6 heteroatoms. The van der Waals surface area contributed by atoms with Crippen LogP contribution in [0.15, 0.2) is 12.1 Å². The second kappa shape index (κ2) is 4.46.